The van der Waals surface area contributed by atoms with Gasteiger partial charge in [0.25, 0.3) is 0 Å². The smallest absolute Gasteiger partial charge is 0.224 e. The molecule has 8 nitrogen and oxygen atoms in total. The molecule has 2 amide bonds. The van der Waals surface area contributed by atoms with E-state index >= 15 is 0 Å². The van der Waals surface area contributed by atoms with E-state index in [2.05, 4.69) is 15.3 Å². The van der Waals surface area contributed by atoms with E-state index in [-0.39, 0.29) is 17.7 Å². The first-order valence-corrected chi connectivity index (χ1v) is 10.4. The molecule has 0 saturated carbocycles. The van der Waals surface area contributed by atoms with E-state index < -0.39 is 0 Å². The highest BCUT2D eigenvalue weighted by Crippen LogP contribution is 2.24. The van der Waals surface area contributed by atoms with Crippen LogP contribution < -0.4 is 5.32 Å². The maximum Gasteiger partial charge on any atom is 0.224 e. The van der Waals surface area contributed by atoms with Gasteiger partial charge in [-0.1, -0.05) is 0 Å². The number of ether oxygens (including phenoxy) is 1. The van der Waals surface area contributed by atoms with Gasteiger partial charge in [0.2, 0.25) is 11.8 Å². The molecule has 1 aromatic rings. The van der Waals surface area contributed by atoms with Gasteiger partial charge in [-0.25, -0.2) is 0 Å². The third-order valence-corrected chi connectivity index (χ3v) is 5.88. The van der Waals surface area contributed by atoms with E-state index in [1.165, 1.54) is 0 Å². The lowest BCUT2D eigenvalue weighted by atomic mass is 9.93. The molecule has 156 valence electrons. The predicted molar refractivity (Wildman–Crippen MR) is 106 cm³/mol. The Kier molecular flexibility index (Phi) is 7.85. The number of likely N-dealkylation sites (tertiary alicyclic amines) is 2. The van der Waals surface area contributed by atoms with Crippen LogP contribution in [0.3, 0.4) is 0 Å². The highest BCUT2D eigenvalue weighted by Gasteiger charge is 2.32. The van der Waals surface area contributed by atoms with Crippen LogP contribution in [-0.4, -0.2) is 83.9 Å². The van der Waals surface area contributed by atoms with Crippen molar-refractivity contribution >= 4 is 11.8 Å². The van der Waals surface area contributed by atoms with E-state index in [1.807, 2.05) is 17.2 Å². The van der Waals surface area contributed by atoms with Crippen LogP contribution in [0.4, 0.5) is 0 Å². The number of carbonyl (C=O) groups is 2. The highest BCUT2D eigenvalue weighted by molar-refractivity contribution is 5.79. The lowest BCUT2D eigenvalue weighted by Crippen LogP contribution is -2.51. The van der Waals surface area contributed by atoms with Crippen molar-refractivity contribution in [3.8, 4) is 0 Å². The predicted octanol–water partition coefficient (Wildman–Crippen LogP) is 0.739. The number of aromatic nitrogens is 2. The number of amides is 2. The Morgan fingerprint density at radius 3 is 2.75 bits per heavy atom. The summed E-state index contributed by atoms with van der Waals surface area (Å²) >= 11 is 0. The standard InChI is InChI=1S/C20H33N5O3/c1-28-15-9-21-20(27)17-4-2-10-24(16-17)18-5-12-23(13-6-18)19(26)7-14-25-11-3-8-22-25/h3,8,11,17-18H,2,4-7,9-10,12-16H2,1H3,(H,21,27). The van der Waals surface area contributed by atoms with E-state index in [0.29, 0.717) is 32.2 Å². The minimum atomic E-state index is 0.0688. The van der Waals surface area contributed by atoms with Crippen molar-refractivity contribution in [1.82, 2.24) is 24.9 Å². The molecule has 28 heavy (non-hydrogen) atoms. The molecular weight excluding hydrogens is 358 g/mol. The SMILES string of the molecule is COCCNC(=O)C1CCCN(C2CCN(C(=O)CCn3cccn3)CC2)C1. The van der Waals surface area contributed by atoms with Crippen LogP contribution in [0.15, 0.2) is 18.5 Å². The van der Waals surface area contributed by atoms with E-state index in [9.17, 15) is 9.59 Å². The summed E-state index contributed by atoms with van der Waals surface area (Å²) in [4.78, 5) is 29.3. The molecule has 1 unspecified atom stereocenters. The number of nitrogens with zero attached hydrogens (tertiary/aromatic N) is 4. The molecule has 1 atom stereocenters. The molecule has 0 radical (unpaired) electrons. The molecule has 2 aliphatic rings. The zero-order chi connectivity index (χ0) is 19.8. The fraction of sp³-hybridized carbons (Fsp3) is 0.750. The Hall–Kier alpha value is -1.93. The molecule has 2 aliphatic heterocycles. The Balaban J connectivity index is 1.40. The lowest BCUT2D eigenvalue weighted by molar-refractivity contribution is -0.133. The Morgan fingerprint density at radius 1 is 1.21 bits per heavy atom. The van der Waals surface area contributed by atoms with Gasteiger partial charge in [0.15, 0.2) is 0 Å². The van der Waals surface area contributed by atoms with Crippen molar-refractivity contribution in [2.75, 3.05) is 46.4 Å². The molecule has 0 aromatic carbocycles. The van der Waals surface area contributed by atoms with Crippen LogP contribution in [-0.2, 0) is 20.9 Å². The van der Waals surface area contributed by atoms with E-state index in [0.717, 1.165) is 51.9 Å². The monoisotopic (exact) mass is 391 g/mol. The van der Waals surface area contributed by atoms with Crippen LogP contribution in [0.2, 0.25) is 0 Å². The van der Waals surface area contributed by atoms with Crippen LogP contribution >= 0.6 is 0 Å². The Bertz CT molecular complexity index is 613. The van der Waals surface area contributed by atoms with Crippen molar-refractivity contribution in [3.05, 3.63) is 18.5 Å². The number of nitrogens with one attached hydrogen (secondary N) is 1. The molecule has 0 aliphatic carbocycles. The molecule has 1 aromatic heterocycles. The normalized spacial score (nSPS) is 21.6. The first-order valence-electron chi connectivity index (χ1n) is 10.4. The van der Waals surface area contributed by atoms with Gasteiger partial charge in [-0.05, 0) is 38.3 Å². The first kappa shape index (κ1) is 20.8. The van der Waals surface area contributed by atoms with Crippen molar-refractivity contribution in [1.29, 1.82) is 0 Å². The molecule has 0 bridgehead atoms. The summed E-state index contributed by atoms with van der Waals surface area (Å²) in [5, 5.41) is 7.12. The van der Waals surface area contributed by atoms with Gasteiger partial charge in [-0.3, -0.25) is 19.2 Å². The van der Waals surface area contributed by atoms with Crippen LogP contribution in [0.1, 0.15) is 32.1 Å². The summed E-state index contributed by atoms with van der Waals surface area (Å²) < 4.78 is 6.80. The average Bonchev–Trinajstić information content (AvgIpc) is 3.26. The fourth-order valence-electron chi connectivity index (χ4n) is 4.25. The van der Waals surface area contributed by atoms with Crippen molar-refractivity contribution in [3.63, 3.8) is 0 Å². The summed E-state index contributed by atoms with van der Waals surface area (Å²) in [5.74, 6) is 0.426. The maximum atomic E-state index is 12.5. The minimum absolute atomic E-state index is 0.0688. The van der Waals surface area contributed by atoms with Crippen LogP contribution in [0.25, 0.3) is 0 Å². The van der Waals surface area contributed by atoms with Gasteiger partial charge in [0.05, 0.1) is 12.5 Å². The van der Waals surface area contributed by atoms with E-state index in [4.69, 9.17) is 4.74 Å². The molecule has 2 saturated heterocycles. The summed E-state index contributed by atoms with van der Waals surface area (Å²) in [6.07, 6.45) is 8.12. The number of rotatable bonds is 8. The lowest BCUT2D eigenvalue weighted by Gasteiger charge is -2.42. The van der Waals surface area contributed by atoms with Gasteiger partial charge in [-0.2, -0.15) is 5.10 Å². The summed E-state index contributed by atoms with van der Waals surface area (Å²) in [5.41, 5.74) is 0. The molecule has 8 heteroatoms. The van der Waals surface area contributed by atoms with Gasteiger partial charge in [0.1, 0.15) is 0 Å². The second kappa shape index (κ2) is 10.6. The Morgan fingerprint density at radius 2 is 2.04 bits per heavy atom. The number of methoxy groups -OCH3 is 1. The quantitative estimate of drug-likeness (QED) is 0.661. The Labute approximate surface area is 167 Å². The molecular formula is C20H33N5O3. The fourth-order valence-corrected chi connectivity index (χ4v) is 4.25. The average molecular weight is 392 g/mol. The molecule has 1 N–H and O–H groups in total. The maximum absolute atomic E-state index is 12.5. The van der Waals surface area contributed by atoms with Gasteiger partial charge < -0.3 is 15.0 Å². The van der Waals surface area contributed by atoms with Crippen molar-refractivity contribution in [2.45, 2.75) is 44.7 Å². The molecule has 0 spiro atoms. The largest absolute Gasteiger partial charge is 0.383 e. The summed E-state index contributed by atoms with van der Waals surface area (Å²) in [6, 6.07) is 2.35. The van der Waals surface area contributed by atoms with Crippen LogP contribution in [0, 0.1) is 5.92 Å². The zero-order valence-electron chi connectivity index (χ0n) is 16.9. The van der Waals surface area contributed by atoms with Crippen molar-refractivity contribution in [2.24, 2.45) is 5.92 Å². The minimum Gasteiger partial charge on any atom is -0.383 e. The summed E-state index contributed by atoms with van der Waals surface area (Å²) in [7, 11) is 1.64. The second-order valence-corrected chi connectivity index (χ2v) is 7.75. The van der Waals surface area contributed by atoms with Gasteiger partial charge in [0, 0.05) is 64.7 Å². The number of aryl methyl sites for hydroxylation is 1. The number of piperidine rings is 2. The number of hydrogen-bond acceptors (Lipinski definition) is 5. The molecule has 3 heterocycles. The zero-order valence-corrected chi connectivity index (χ0v) is 16.9. The van der Waals surface area contributed by atoms with E-state index in [1.54, 1.807) is 18.0 Å². The molecule has 2 fully saturated rings. The first-order chi connectivity index (χ1) is 13.7. The number of hydrogen-bond donors (Lipinski definition) is 1. The van der Waals surface area contributed by atoms with Gasteiger partial charge in [-0.15, -0.1) is 0 Å². The van der Waals surface area contributed by atoms with Gasteiger partial charge >= 0.3 is 0 Å². The topological polar surface area (TPSA) is 79.7 Å². The van der Waals surface area contributed by atoms with Crippen molar-refractivity contribution < 1.29 is 14.3 Å². The summed E-state index contributed by atoms with van der Waals surface area (Å²) in [6.45, 7) is 5.27. The third kappa shape index (κ3) is 5.78. The second-order valence-electron chi connectivity index (χ2n) is 7.75. The third-order valence-electron chi connectivity index (χ3n) is 5.88. The highest BCUT2D eigenvalue weighted by atomic mass is 16.5. The molecule has 3 rings (SSSR count). The van der Waals surface area contributed by atoms with Crippen LogP contribution in [0.5, 0.6) is 0 Å². The number of carbonyl (C=O) groups excluding carboxylic acids is 2.